The van der Waals surface area contributed by atoms with E-state index >= 15 is 0 Å². The minimum Gasteiger partial charge on any atom is -0.380 e. The van der Waals surface area contributed by atoms with Gasteiger partial charge in [-0.15, -0.1) is 11.3 Å². The van der Waals surface area contributed by atoms with Crippen LogP contribution in [0.5, 0.6) is 0 Å². The summed E-state index contributed by atoms with van der Waals surface area (Å²) < 4.78 is 0. The molecule has 0 aliphatic rings. The van der Waals surface area contributed by atoms with Crippen LogP contribution in [-0.2, 0) is 12.0 Å². The van der Waals surface area contributed by atoms with Gasteiger partial charge in [-0.3, -0.25) is 0 Å². The predicted molar refractivity (Wildman–Crippen MR) is 78.2 cm³/mol. The van der Waals surface area contributed by atoms with E-state index in [4.69, 9.17) is 0 Å². The Morgan fingerprint density at radius 1 is 1.22 bits per heavy atom. The average molecular weight is 260 g/mol. The van der Waals surface area contributed by atoms with Gasteiger partial charge in [-0.05, 0) is 43.5 Å². The Hall–Kier alpha value is -1.12. The lowest BCUT2D eigenvalue weighted by atomic mass is 9.92. The highest BCUT2D eigenvalue weighted by Crippen LogP contribution is 2.34. The van der Waals surface area contributed by atoms with Gasteiger partial charge in [0, 0.05) is 9.75 Å². The third-order valence-corrected chi connectivity index (χ3v) is 4.46. The van der Waals surface area contributed by atoms with Gasteiger partial charge in [0.1, 0.15) is 5.60 Å². The van der Waals surface area contributed by atoms with Gasteiger partial charge < -0.3 is 5.11 Å². The molecule has 18 heavy (non-hydrogen) atoms. The van der Waals surface area contributed by atoms with Crippen molar-refractivity contribution >= 4 is 11.3 Å². The third kappa shape index (κ3) is 2.65. The molecular weight excluding hydrogens is 240 g/mol. The lowest BCUT2D eigenvalue weighted by molar-refractivity contribution is 0.106. The third-order valence-electron chi connectivity index (χ3n) is 3.25. The molecule has 1 heterocycles. The van der Waals surface area contributed by atoms with Gasteiger partial charge in [0.2, 0.25) is 0 Å². The van der Waals surface area contributed by atoms with Crippen LogP contribution in [0.25, 0.3) is 0 Å². The van der Waals surface area contributed by atoms with Crippen LogP contribution in [0.3, 0.4) is 0 Å². The van der Waals surface area contributed by atoms with E-state index in [1.54, 1.807) is 11.3 Å². The molecule has 0 radical (unpaired) electrons. The Balaban J connectivity index is 2.37. The molecular formula is C16H20OS. The zero-order valence-corrected chi connectivity index (χ0v) is 12.1. The minimum absolute atomic E-state index is 0.886. The van der Waals surface area contributed by atoms with E-state index in [0.29, 0.717) is 0 Å². The number of hydrogen-bond acceptors (Lipinski definition) is 2. The fraction of sp³-hybridized carbons (Fsp3) is 0.375. The largest absolute Gasteiger partial charge is 0.380 e. The highest BCUT2D eigenvalue weighted by atomic mass is 32.1. The van der Waals surface area contributed by atoms with Crippen LogP contribution < -0.4 is 0 Å². The molecule has 1 N–H and O–H groups in total. The summed E-state index contributed by atoms with van der Waals surface area (Å²) in [7, 11) is 0. The van der Waals surface area contributed by atoms with Gasteiger partial charge in [0.05, 0.1) is 0 Å². The zero-order chi connectivity index (χ0) is 13.2. The number of aliphatic hydroxyl groups is 1. The summed E-state index contributed by atoms with van der Waals surface area (Å²) >= 11 is 1.66. The van der Waals surface area contributed by atoms with Crippen LogP contribution in [-0.4, -0.2) is 5.11 Å². The van der Waals surface area contributed by atoms with Gasteiger partial charge in [0.25, 0.3) is 0 Å². The number of hydrogen-bond donors (Lipinski definition) is 1. The van der Waals surface area contributed by atoms with E-state index in [0.717, 1.165) is 23.3 Å². The van der Waals surface area contributed by atoms with Crippen molar-refractivity contribution in [2.45, 2.75) is 39.2 Å². The lowest BCUT2D eigenvalue weighted by Crippen LogP contribution is -2.21. The summed E-state index contributed by atoms with van der Waals surface area (Å²) in [6.45, 7) is 6.12. The lowest BCUT2D eigenvalue weighted by Gasteiger charge is -2.23. The van der Waals surface area contributed by atoms with Gasteiger partial charge >= 0.3 is 0 Å². The van der Waals surface area contributed by atoms with Crippen molar-refractivity contribution in [2.75, 3.05) is 0 Å². The van der Waals surface area contributed by atoms with Crippen molar-refractivity contribution in [3.8, 4) is 0 Å². The smallest absolute Gasteiger partial charge is 0.121 e. The van der Waals surface area contributed by atoms with Crippen molar-refractivity contribution in [1.82, 2.24) is 0 Å². The quantitative estimate of drug-likeness (QED) is 0.870. The number of thiophene rings is 1. The van der Waals surface area contributed by atoms with Crippen LogP contribution in [0.2, 0.25) is 0 Å². The topological polar surface area (TPSA) is 20.2 Å². The molecule has 0 saturated carbocycles. The number of rotatable bonds is 4. The Morgan fingerprint density at radius 3 is 2.61 bits per heavy atom. The SMILES string of the molecule is CCCc1cccc(C(C)(O)c2ccc(C)s2)c1. The molecule has 0 saturated heterocycles. The molecule has 1 aromatic carbocycles. The first kappa shape index (κ1) is 13.3. The van der Waals surface area contributed by atoms with Crippen molar-refractivity contribution in [3.05, 3.63) is 57.3 Å². The van der Waals surface area contributed by atoms with Crippen molar-refractivity contribution in [2.24, 2.45) is 0 Å². The Bertz CT molecular complexity index is 525. The van der Waals surface area contributed by atoms with E-state index in [2.05, 4.69) is 32.0 Å². The van der Waals surface area contributed by atoms with Crippen LogP contribution in [0.4, 0.5) is 0 Å². The normalized spacial score (nSPS) is 14.4. The zero-order valence-electron chi connectivity index (χ0n) is 11.2. The molecule has 1 nitrogen and oxygen atoms in total. The molecule has 96 valence electrons. The molecule has 2 aromatic rings. The standard InChI is InChI=1S/C16H20OS/c1-4-6-13-7-5-8-14(11-13)16(3,17)15-10-9-12(2)18-15/h5,7-11,17H,4,6H2,1-3H3. The molecule has 0 aliphatic heterocycles. The van der Waals surface area contributed by atoms with Crippen molar-refractivity contribution in [3.63, 3.8) is 0 Å². The second-order valence-corrected chi connectivity index (χ2v) is 6.22. The summed E-state index contributed by atoms with van der Waals surface area (Å²) in [6.07, 6.45) is 2.19. The van der Waals surface area contributed by atoms with E-state index < -0.39 is 5.60 Å². The van der Waals surface area contributed by atoms with Crippen molar-refractivity contribution in [1.29, 1.82) is 0 Å². The van der Waals surface area contributed by atoms with Crippen molar-refractivity contribution < 1.29 is 5.11 Å². The minimum atomic E-state index is -0.886. The van der Waals surface area contributed by atoms with Gasteiger partial charge in [-0.2, -0.15) is 0 Å². The molecule has 2 rings (SSSR count). The van der Waals surface area contributed by atoms with E-state index in [1.165, 1.54) is 10.4 Å². The number of benzene rings is 1. The summed E-state index contributed by atoms with van der Waals surface area (Å²) in [6, 6.07) is 12.4. The maximum absolute atomic E-state index is 10.8. The van der Waals surface area contributed by atoms with Crippen LogP contribution in [0.1, 0.15) is 41.1 Å². The second-order valence-electron chi connectivity index (χ2n) is 4.93. The summed E-state index contributed by atoms with van der Waals surface area (Å²) in [5.74, 6) is 0. The first-order valence-corrected chi connectivity index (χ1v) is 7.24. The molecule has 1 atom stereocenters. The van der Waals surface area contributed by atoms with Crippen LogP contribution >= 0.6 is 11.3 Å². The van der Waals surface area contributed by atoms with Gasteiger partial charge in [-0.1, -0.05) is 37.6 Å². The molecule has 0 aliphatic carbocycles. The fourth-order valence-electron chi connectivity index (χ4n) is 2.16. The van der Waals surface area contributed by atoms with Gasteiger partial charge in [0.15, 0.2) is 0 Å². The highest BCUT2D eigenvalue weighted by Gasteiger charge is 2.27. The molecule has 1 unspecified atom stereocenters. The maximum Gasteiger partial charge on any atom is 0.121 e. The molecule has 0 bridgehead atoms. The first-order valence-electron chi connectivity index (χ1n) is 6.42. The molecule has 0 amide bonds. The Labute approximate surface area is 113 Å². The molecule has 1 aromatic heterocycles. The first-order chi connectivity index (χ1) is 8.54. The molecule has 0 fully saturated rings. The summed E-state index contributed by atoms with van der Waals surface area (Å²) in [5, 5.41) is 10.8. The van der Waals surface area contributed by atoms with Crippen LogP contribution in [0, 0.1) is 6.92 Å². The molecule has 2 heteroatoms. The average Bonchev–Trinajstić information content (AvgIpc) is 2.77. The fourth-order valence-corrected chi connectivity index (χ4v) is 3.09. The van der Waals surface area contributed by atoms with E-state index in [-0.39, 0.29) is 0 Å². The van der Waals surface area contributed by atoms with E-state index in [9.17, 15) is 5.11 Å². The van der Waals surface area contributed by atoms with Crippen LogP contribution in [0.15, 0.2) is 36.4 Å². The van der Waals surface area contributed by atoms with Gasteiger partial charge in [-0.25, -0.2) is 0 Å². The van der Waals surface area contributed by atoms with E-state index in [1.807, 2.05) is 25.1 Å². The number of aryl methyl sites for hydroxylation is 2. The predicted octanol–water partition coefficient (Wildman–Crippen LogP) is 4.26. The molecule has 0 spiro atoms. The highest BCUT2D eigenvalue weighted by molar-refractivity contribution is 7.12. The Morgan fingerprint density at radius 2 is 2.00 bits per heavy atom. The Kier molecular flexibility index (Phi) is 3.88. The summed E-state index contributed by atoms with van der Waals surface area (Å²) in [5.41, 5.74) is 1.39. The summed E-state index contributed by atoms with van der Waals surface area (Å²) in [4.78, 5) is 2.24. The second kappa shape index (κ2) is 5.25. The maximum atomic E-state index is 10.8. The monoisotopic (exact) mass is 260 g/mol.